The molecular formula is C26H26N4O4S. The molecule has 0 unspecified atom stereocenters. The Labute approximate surface area is 208 Å². The van der Waals surface area contributed by atoms with Crippen LogP contribution in [-0.2, 0) is 11.4 Å². The number of carbonyl (C=O) groups excluding carboxylic acids is 1. The SMILES string of the molecule is COc1ccc(-n2c(COc3ccccc3)nnc2SCC(=O)Nc2cc(C)ccc2OC)cc1. The summed E-state index contributed by atoms with van der Waals surface area (Å²) >= 11 is 1.29. The number of para-hydroxylation sites is 1. The maximum Gasteiger partial charge on any atom is 0.234 e. The van der Waals surface area contributed by atoms with Gasteiger partial charge in [0.1, 0.15) is 23.9 Å². The fourth-order valence-corrected chi connectivity index (χ4v) is 4.15. The quantitative estimate of drug-likeness (QED) is 0.316. The highest BCUT2D eigenvalue weighted by Gasteiger charge is 2.17. The van der Waals surface area contributed by atoms with Gasteiger partial charge in [-0.2, -0.15) is 0 Å². The molecule has 0 aliphatic heterocycles. The number of amides is 1. The Morgan fingerprint density at radius 2 is 1.71 bits per heavy atom. The van der Waals surface area contributed by atoms with Gasteiger partial charge in [-0.3, -0.25) is 9.36 Å². The van der Waals surface area contributed by atoms with Gasteiger partial charge in [-0.1, -0.05) is 36.0 Å². The van der Waals surface area contributed by atoms with Crippen molar-refractivity contribution in [3.05, 3.63) is 84.2 Å². The average Bonchev–Trinajstić information content (AvgIpc) is 3.30. The first-order chi connectivity index (χ1) is 17.1. The van der Waals surface area contributed by atoms with Crippen LogP contribution in [0, 0.1) is 6.92 Å². The number of hydrogen-bond donors (Lipinski definition) is 1. The molecule has 1 N–H and O–H groups in total. The van der Waals surface area contributed by atoms with Crippen molar-refractivity contribution in [2.75, 3.05) is 25.3 Å². The van der Waals surface area contributed by atoms with Crippen molar-refractivity contribution in [2.24, 2.45) is 0 Å². The van der Waals surface area contributed by atoms with Crippen LogP contribution < -0.4 is 19.5 Å². The molecule has 35 heavy (non-hydrogen) atoms. The van der Waals surface area contributed by atoms with Crippen LogP contribution in [0.4, 0.5) is 5.69 Å². The number of carbonyl (C=O) groups is 1. The summed E-state index contributed by atoms with van der Waals surface area (Å²) in [5.41, 5.74) is 2.49. The maximum absolute atomic E-state index is 12.7. The third-order valence-electron chi connectivity index (χ3n) is 5.10. The molecule has 0 radical (unpaired) electrons. The number of aromatic nitrogens is 3. The zero-order chi connectivity index (χ0) is 24.6. The molecular weight excluding hydrogens is 464 g/mol. The molecule has 1 aromatic heterocycles. The Morgan fingerprint density at radius 1 is 0.943 bits per heavy atom. The minimum atomic E-state index is -0.176. The summed E-state index contributed by atoms with van der Waals surface area (Å²) in [5, 5.41) is 12.2. The molecule has 0 bridgehead atoms. The van der Waals surface area contributed by atoms with E-state index in [-0.39, 0.29) is 18.3 Å². The normalized spacial score (nSPS) is 10.6. The van der Waals surface area contributed by atoms with Gasteiger partial charge >= 0.3 is 0 Å². The van der Waals surface area contributed by atoms with Gasteiger partial charge in [0.25, 0.3) is 0 Å². The largest absolute Gasteiger partial charge is 0.497 e. The van der Waals surface area contributed by atoms with Crippen LogP contribution in [-0.4, -0.2) is 40.6 Å². The van der Waals surface area contributed by atoms with Crippen molar-refractivity contribution in [1.29, 1.82) is 0 Å². The first kappa shape index (κ1) is 24.2. The van der Waals surface area contributed by atoms with Crippen LogP contribution in [0.1, 0.15) is 11.4 Å². The Bertz CT molecular complexity index is 1280. The van der Waals surface area contributed by atoms with Crippen molar-refractivity contribution >= 4 is 23.4 Å². The Balaban J connectivity index is 1.52. The van der Waals surface area contributed by atoms with Gasteiger partial charge in [-0.05, 0) is 61.0 Å². The van der Waals surface area contributed by atoms with Gasteiger partial charge in [0.2, 0.25) is 5.91 Å². The summed E-state index contributed by atoms with van der Waals surface area (Å²) in [6.45, 7) is 2.18. The summed E-state index contributed by atoms with van der Waals surface area (Å²) in [6.07, 6.45) is 0. The van der Waals surface area contributed by atoms with Crippen molar-refractivity contribution in [1.82, 2.24) is 14.8 Å². The molecule has 0 saturated heterocycles. The molecule has 0 spiro atoms. The second-order valence-electron chi connectivity index (χ2n) is 7.57. The topological polar surface area (TPSA) is 87.5 Å². The molecule has 1 heterocycles. The maximum atomic E-state index is 12.7. The molecule has 4 aromatic rings. The average molecular weight is 491 g/mol. The van der Waals surface area contributed by atoms with E-state index in [0.29, 0.717) is 22.4 Å². The van der Waals surface area contributed by atoms with Crippen LogP contribution in [0.3, 0.4) is 0 Å². The zero-order valence-electron chi connectivity index (χ0n) is 19.7. The van der Waals surface area contributed by atoms with Gasteiger partial charge in [-0.25, -0.2) is 0 Å². The fraction of sp³-hybridized carbons (Fsp3) is 0.192. The summed E-state index contributed by atoms with van der Waals surface area (Å²) in [5.74, 6) is 2.66. The summed E-state index contributed by atoms with van der Waals surface area (Å²) in [4.78, 5) is 12.7. The predicted molar refractivity (Wildman–Crippen MR) is 136 cm³/mol. The number of rotatable bonds is 10. The molecule has 8 nitrogen and oxygen atoms in total. The lowest BCUT2D eigenvalue weighted by atomic mass is 10.2. The highest BCUT2D eigenvalue weighted by atomic mass is 32.2. The summed E-state index contributed by atoms with van der Waals surface area (Å²) in [6, 6.07) is 22.7. The van der Waals surface area contributed by atoms with Crippen molar-refractivity contribution < 1.29 is 19.0 Å². The Morgan fingerprint density at radius 3 is 2.43 bits per heavy atom. The van der Waals surface area contributed by atoms with Crippen LogP contribution in [0.5, 0.6) is 17.2 Å². The number of nitrogens with zero attached hydrogens (tertiary/aromatic N) is 3. The standard InChI is InChI=1S/C26H26N4O4S/c1-18-9-14-23(33-3)22(15-18)27-25(31)17-35-26-29-28-24(16-34-21-7-5-4-6-8-21)30(26)19-10-12-20(32-2)13-11-19/h4-15H,16-17H2,1-3H3,(H,27,31). The number of ether oxygens (including phenoxy) is 3. The zero-order valence-corrected chi connectivity index (χ0v) is 20.5. The fourth-order valence-electron chi connectivity index (χ4n) is 3.38. The van der Waals surface area contributed by atoms with Crippen molar-refractivity contribution in [2.45, 2.75) is 18.7 Å². The minimum Gasteiger partial charge on any atom is -0.497 e. The minimum absolute atomic E-state index is 0.144. The smallest absolute Gasteiger partial charge is 0.234 e. The molecule has 1 amide bonds. The molecule has 0 atom stereocenters. The van der Waals surface area contributed by atoms with Gasteiger partial charge < -0.3 is 19.5 Å². The van der Waals surface area contributed by atoms with E-state index >= 15 is 0 Å². The van der Waals surface area contributed by atoms with Crippen molar-refractivity contribution in [3.8, 4) is 22.9 Å². The van der Waals surface area contributed by atoms with E-state index < -0.39 is 0 Å². The number of thioether (sulfide) groups is 1. The number of anilines is 1. The van der Waals surface area contributed by atoms with E-state index in [4.69, 9.17) is 14.2 Å². The van der Waals surface area contributed by atoms with Crippen LogP contribution >= 0.6 is 11.8 Å². The van der Waals surface area contributed by atoms with E-state index in [1.165, 1.54) is 11.8 Å². The molecule has 3 aromatic carbocycles. The molecule has 0 fully saturated rings. The highest BCUT2D eigenvalue weighted by molar-refractivity contribution is 7.99. The monoisotopic (exact) mass is 490 g/mol. The van der Waals surface area contributed by atoms with Gasteiger partial charge in [0.15, 0.2) is 11.0 Å². The van der Waals surface area contributed by atoms with Crippen LogP contribution in [0.15, 0.2) is 78.0 Å². The second kappa shape index (κ2) is 11.4. The number of methoxy groups -OCH3 is 2. The third-order valence-corrected chi connectivity index (χ3v) is 6.03. The highest BCUT2D eigenvalue weighted by Crippen LogP contribution is 2.27. The molecule has 0 aliphatic rings. The first-order valence-electron chi connectivity index (χ1n) is 10.9. The van der Waals surface area contributed by atoms with E-state index in [2.05, 4.69) is 15.5 Å². The van der Waals surface area contributed by atoms with Crippen molar-refractivity contribution in [3.63, 3.8) is 0 Å². The number of hydrogen-bond acceptors (Lipinski definition) is 7. The van der Waals surface area contributed by atoms with E-state index in [9.17, 15) is 4.79 Å². The second-order valence-corrected chi connectivity index (χ2v) is 8.52. The molecule has 9 heteroatoms. The van der Waals surface area contributed by atoms with Gasteiger partial charge in [0, 0.05) is 5.69 Å². The Kier molecular flexibility index (Phi) is 7.89. The number of nitrogens with one attached hydrogen (secondary N) is 1. The third kappa shape index (κ3) is 6.13. The molecule has 0 saturated carbocycles. The van der Waals surface area contributed by atoms with Gasteiger partial charge in [0.05, 0.1) is 25.7 Å². The summed E-state index contributed by atoms with van der Waals surface area (Å²) < 4.78 is 18.4. The van der Waals surface area contributed by atoms with E-state index in [1.807, 2.05) is 84.3 Å². The molecule has 0 aliphatic carbocycles. The molecule has 180 valence electrons. The lowest BCUT2D eigenvalue weighted by Crippen LogP contribution is -2.15. The van der Waals surface area contributed by atoms with Gasteiger partial charge in [-0.15, -0.1) is 10.2 Å². The Hall–Kier alpha value is -3.98. The number of aryl methyl sites for hydroxylation is 1. The predicted octanol–water partition coefficient (Wildman–Crippen LogP) is 4.90. The number of benzene rings is 3. The lowest BCUT2D eigenvalue weighted by Gasteiger charge is -2.13. The summed E-state index contributed by atoms with van der Waals surface area (Å²) in [7, 11) is 3.20. The lowest BCUT2D eigenvalue weighted by molar-refractivity contribution is -0.113. The van der Waals surface area contributed by atoms with E-state index in [0.717, 1.165) is 22.7 Å². The molecule has 4 rings (SSSR count). The first-order valence-corrected chi connectivity index (χ1v) is 11.9. The van der Waals surface area contributed by atoms with E-state index in [1.54, 1.807) is 14.2 Å². The van der Waals surface area contributed by atoms with Crippen LogP contribution in [0.25, 0.3) is 5.69 Å². The van der Waals surface area contributed by atoms with Crippen LogP contribution in [0.2, 0.25) is 0 Å².